The van der Waals surface area contributed by atoms with Crippen molar-refractivity contribution in [3.63, 3.8) is 0 Å². The van der Waals surface area contributed by atoms with Crippen molar-refractivity contribution in [2.75, 3.05) is 4.90 Å². The highest BCUT2D eigenvalue weighted by atomic mass is 15.1. The molecule has 0 aliphatic heterocycles. The summed E-state index contributed by atoms with van der Waals surface area (Å²) in [4.78, 5) is 2.32. The van der Waals surface area contributed by atoms with E-state index in [1.54, 1.807) is 0 Å². The molecule has 0 spiro atoms. The van der Waals surface area contributed by atoms with Crippen LogP contribution in [0, 0.1) is 13.8 Å². The molecule has 5 aromatic carbocycles. The number of benzene rings is 5. The van der Waals surface area contributed by atoms with Crippen molar-refractivity contribution in [1.29, 1.82) is 0 Å². The van der Waals surface area contributed by atoms with E-state index in [4.69, 9.17) is 0 Å². The largest absolute Gasteiger partial charge is 0.310 e. The molecule has 0 aliphatic rings. The minimum atomic E-state index is 1.15. The maximum absolute atomic E-state index is 2.32. The van der Waals surface area contributed by atoms with Crippen LogP contribution in [0.4, 0.5) is 17.1 Å². The Bertz CT molecular complexity index is 1310. The van der Waals surface area contributed by atoms with Crippen LogP contribution in [-0.4, -0.2) is 0 Å². The van der Waals surface area contributed by atoms with Gasteiger partial charge in [-0.3, -0.25) is 0 Å². The van der Waals surface area contributed by atoms with Crippen molar-refractivity contribution >= 4 is 27.8 Å². The van der Waals surface area contributed by atoms with Crippen LogP contribution in [-0.2, 0) is 0 Å². The van der Waals surface area contributed by atoms with Crippen LogP contribution in [0.5, 0.6) is 0 Å². The summed E-state index contributed by atoms with van der Waals surface area (Å²) in [7, 11) is 0. The van der Waals surface area contributed by atoms with Crippen molar-refractivity contribution < 1.29 is 0 Å². The Labute approximate surface area is 184 Å². The molecule has 0 aromatic heterocycles. The molecular weight excluding hydrogens is 374 g/mol. The van der Waals surface area contributed by atoms with Crippen LogP contribution in [0.3, 0.4) is 0 Å². The lowest BCUT2D eigenvalue weighted by molar-refractivity contribution is 1.28. The van der Waals surface area contributed by atoms with Gasteiger partial charge < -0.3 is 4.90 Å². The fourth-order valence-corrected chi connectivity index (χ4v) is 4.01. The van der Waals surface area contributed by atoms with E-state index in [9.17, 15) is 0 Å². The van der Waals surface area contributed by atoms with Crippen molar-refractivity contribution in [3.8, 4) is 11.1 Å². The maximum Gasteiger partial charge on any atom is 0.0468 e. The molecule has 0 bridgehead atoms. The third kappa shape index (κ3) is 3.95. The Hall–Kier alpha value is -3.84. The third-order valence-corrected chi connectivity index (χ3v) is 5.79. The van der Waals surface area contributed by atoms with E-state index < -0.39 is 0 Å². The second-order valence-corrected chi connectivity index (χ2v) is 8.12. The van der Waals surface area contributed by atoms with Gasteiger partial charge in [0.2, 0.25) is 0 Å². The van der Waals surface area contributed by atoms with Crippen molar-refractivity contribution in [2.45, 2.75) is 13.8 Å². The van der Waals surface area contributed by atoms with Crippen LogP contribution >= 0.6 is 0 Å². The van der Waals surface area contributed by atoms with Crippen LogP contribution in [0.15, 0.2) is 115 Å². The SMILES string of the molecule is Cc1ccc(-c2ccc(N(c3ccc(C)cc3)c3ccc4ccccc4c3)cc2)cc1. The van der Waals surface area contributed by atoms with Gasteiger partial charge in [-0.1, -0.05) is 90.0 Å². The standard InChI is InChI=1S/C30H25N/c1-22-7-11-25(12-8-22)26-13-18-29(19-14-26)31(28-16-9-23(2)10-17-28)30-20-15-24-5-3-4-6-27(24)21-30/h3-21H,1-2H3. The van der Waals surface area contributed by atoms with Gasteiger partial charge in [0.15, 0.2) is 0 Å². The summed E-state index contributed by atoms with van der Waals surface area (Å²) in [6, 6.07) is 41.5. The van der Waals surface area contributed by atoms with Crippen LogP contribution in [0.2, 0.25) is 0 Å². The van der Waals surface area contributed by atoms with Crippen molar-refractivity contribution in [3.05, 3.63) is 126 Å². The first-order valence-corrected chi connectivity index (χ1v) is 10.7. The Balaban J connectivity index is 1.59. The maximum atomic E-state index is 2.32. The fourth-order valence-electron chi connectivity index (χ4n) is 4.01. The third-order valence-electron chi connectivity index (χ3n) is 5.79. The second kappa shape index (κ2) is 8.12. The highest BCUT2D eigenvalue weighted by molar-refractivity contribution is 5.89. The predicted molar refractivity (Wildman–Crippen MR) is 134 cm³/mol. The molecular formula is C30H25N. The summed E-state index contributed by atoms with van der Waals surface area (Å²) in [5.74, 6) is 0. The molecule has 150 valence electrons. The van der Waals surface area contributed by atoms with Gasteiger partial charge in [-0.15, -0.1) is 0 Å². The molecule has 0 N–H and O–H groups in total. The highest BCUT2D eigenvalue weighted by Gasteiger charge is 2.13. The van der Waals surface area contributed by atoms with E-state index in [-0.39, 0.29) is 0 Å². The van der Waals surface area contributed by atoms with Gasteiger partial charge in [-0.05, 0) is 72.1 Å². The Morgan fingerprint density at radius 3 is 1.48 bits per heavy atom. The molecule has 0 fully saturated rings. The van der Waals surface area contributed by atoms with E-state index in [0.29, 0.717) is 0 Å². The molecule has 0 aliphatic carbocycles. The molecule has 0 atom stereocenters. The average Bonchev–Trinajstić information content (AvgIpc) is 2.81. The summed E-state index contributed by atoms with van der Waals surface area (Å²) < 4.78 is 0. The monoisotopic (exact) mass is 399 g/mol. The number of rotatable bonds is 4. The molecule has 0 heterocycles. The summed E-state index contributed by atoms with van der Waals surface area (Å²) in [6.07, 6.45) is 0. The number of nitrogens with zero attached hydrogens (tertiary/aromatic N) is 1. The Morgan fingerprint density at radius 2 is 0.871 bits per heavy atom. The van der Waals surface area contributed by atoms with Crippen LogP contribution < -0.4 is 4.90 Å². The lowest BCUT2D eigenvalue weighted by atomic mass is 10.0. The fraction of sp³-hybridized carbons (Fsp3) is 0.0667. The molecule has 0 amide bonds. The first kappa shape index (κ1) is 19.1. The Morgan fingerprint density at radius 1 is 0.419 bits per heavy atom. The van der Waals surface area contributed by atoms with Gasteiger partial charge >= 0.3 is 0 Å². The molecule has 1 heteroatoms. The molecule has 0 radical (unpaired) electrons. The van der Waals surface area contributed by atoms with E-state index >= 15 is 0 Å². The average molecular weight is 400 g/mol. The summed E-state index contributed by atoms with van der Waals surface area (Å²) in [5, 5.41) is 2.50. The number of fused-ring (bicyclic) bond motifs is 1. The van der Waals surface area contributed by atoms with E-state index in [2.05, 4.69) is 134 Å². The molecule has 1 nitrogen and oxygen atoms in total. The first-order valence-electron chi connectivity index (χ1n) is 10.7. The minimum absolute atomic E-state index is 1.15. The highest BCUT2D eigenvalue weighted by Crippen LogP contribution is 2.37. The second-order valence-electron chi connectivity index (χ2n) is 8.12. The number of hydrogen-bond donors (Lipinski definition) is 0. The smallest absolute Gasteiger partial charge is 0.0468 e. The van der Waals surface area contributed by atoms with Crippen LogP contribution in [0.1, 0.15) is 11.1 Å². The van der Waals surface area contributed by atoms with E-state index in [1.165, 1.54) is 33.0 Å². The minimum Gasteiger partial charge on any atom is -0.310 e. The van der Waals surface area contributed by atoms with E-state index in [1.807, 2.05) is 0 Å². The van der Waals surface area contributed by atoms with Crippen LogP contribution in [0.25, 0.3) is 21.9 Å². The topological polar surface area (TPSA) is 3.24 Å². The molecule has 5 aromatic rings. The zero-order chi connectivity index (χ0) is 21.2. The zero-order valence-electron chi connectivity index (χ0n) is 17.9. The molecule has 0 saturated carbocycles. The molecule has 31 heavy (non-hydrogen) atoms. The van der Waals surface area contributed by atoms with Gasteiger partial charge in [-0.25, -0.2) is 0 Å². The first-order chi connectivity index (χ1) is 15.2. The normalized spacial score (nSPS) is 10.9. The Kier molecular flexibility index (Phi) is 5.01. The zero-order valence-corrected chi connectivity index (χ0v) is 17.9. The number of hydrogen-bond acceptors (Lipinski definition) is 1. The molecule has 0 saturated heterocycles. The number of aryl methyl sites for hydroxylation is 2. The summed E-state index contributed by atoms with van der Waals surface area (Å²) >= 11 is 0. The molecule has 5 rings (SSSR count). The van der Waals surface area contributed by atoms with E-state index in [0.717, 1.165) is 17.1 Å². The van der Waals surface area contributed by atoms with Gasteiger partial charge in [0.05, 0.1) is 0 Å². The van der Waals surface area contributed by atoms with Gasteiger partial charge in [-0.2, -0.15) is 0 Å². The summed E-state index contributed by atoms with van der Waals surface area (Å²) in [6.45, 7) is 4.25. The van der Waals surface area contributed by atoms with Gasteiger partial charge in [0.1, 0.15) is 0 Å². The number of anilines is 3. The van der Waals surface area contributed by atoms with Gasteiger partial charge in [0.25, 0.3) is 0 Å². The lowest BCUT2D eigenvalue weighted by Crippen LogP contribution is -2.09. The van der Waals surface area contributed by atoms with Crippen molar-refractivity contribution in [2.24, 2.45) is 0 Å². The predicted octanol–water partition coefficient (Wildman–Crippen LogP) is 8.59. The quantitative estimate of drug-likeness (QED) is 0.292. The van der Waals surface area contributed by atoms with Crippen molar-refractivity contribution in [1.82, 2.24) is 0 Å². The lowest BCUT2D eigenvalue weighted by Gasteiger charge is -2.26. The summed E-state index contributed by atoms with van der Waals surface area (Å²) in [5.41, 5.74) is 8.47. The van der Waals surface area contributed by atoms with Gasteiger partial charge in [0, 0.05) is 17.1 Å². The molecule has 0 unspecified atom stereocenters.